The second kappa shape index (κ2) is 11.0. The number of ether oxygens (including phenoxy) is 2. The Hall–Kier alpha value is -3.06. The van der Waals surface area contributed by atoms with Crippen LogP contribution in [-0.2, 0) is 23.4 Å². The number of nitrogens with zero attached hydrogens (tertiary/aromatic N) is 3. The first-order valence-electron chi connectivity index (χ1n) is 12.1. The van der Waals surface area contributed by atoms with Gasteiger partial charge in [-0.15, -0.1) is 0 Å². The van der Waals surface area contributed by atoms with Crippen LogP contribution in [0.2, 0.25) is 0 Å². The van der Waals surface area contributed by atoms with Gasteiger partial charge in [-0.3, -0.25) is 9.32 Å². The molecule has 0 bridgehead atoms. The summed E-state index contributed by atoms with van der Waals surface area (Å²) >= 11 is 0. The number of carbonyl (C=O) groups excluding carboxylic acids is 1. The Morgan fingerprint density at radius 3 is 2.68 bits per heavy atom. The summed E-state index contributed by atoms with van der Waals surface area (Å²) < 4.78 is 37.9. The molecule has 0 unspecified atom stereocenters. The van der Waals surface area contributed by atoms with Crippen molar-refractivity contribution < 1.29 is 33.0 Å². The lowest BCUT2D eigenvalue weighted by Crippen LogP contribution is -2.51. The van der Waals surface area contributed by atoms with E-state index < -0.39 is 43.6 Å². The van der Waals surface area contributed by atoms with E-state index in [1.54, 1.807) is 57.2 Å². The maximum absolute atomic E-state index is 13.8. The van der Waals surface area contributed by atoms with Crippen LogP contribution in [0.25, 0.3) is 5.65 Å². The standard InChI is InChI=1S/C24H33N6O7P/c1-14(2)35-23(32)15(3)29-38(33,37-16-8-6-5-7-9-16)34-13-19-20(31)24(4,26)21(36-19)18-12-27-22-17(25)10-11-28-30(18)22/h5-12,14-15,19-21,31H,13,25-26H2,1-4H3,(H,29,33)/t15-,19+,20+,21-,24+,38-/m0/s1. The van der Waals surface area contributed by atoms with Crippen LogP contribution in [0.4, 0.5) is 5.69 Å². The predicted molar refractivity (Wildman–Crippen MR) is 138 cm³/mol. The van der Waals surface area contributed by atoms with E-state index in [1.165, 1.54) is 23.8 Å². The molecule has 13 nitrogen and oxygen atoms in total. The average molecular weight is 549 g/mol. The van der Waals surface area contributed by atoms with Crippen LogP contribution in [0, 0.1) is 0 Å². The van der Waals surface area contributed by atoms with E-state index in [0.717, 1.165) is 0 Å². The van der Waals surface area contributed by atoms with E-state index in [0.29, 0.717) is 17.0 Å². The molecule has 1 aromatic carbocycles. The number of rotatable bonds is 10. The van der Waals surface area contributed by atoms with Gasteiger partial charge in [-0.25, -0.2) is 14.1 Å². The zero-order valence-corrected chi connectivity index (χ0v) is 22.4. The summed E-state index contributed by atoms with van der Waals surface area (Å²) in [4.78, 5) is 16.7. The third-order valence-electron chi connectivity index (χ3n) is 6.03. The Morgan fingerprint density at radius 2 is 2.00 bits per heavy atom. The van der Waals surface area contributed by atoms with E-state index in [-0.39, 0.29) is 18.5 Å². The summed E-state index contributed by atoms with van der Waals surface area (Å²) in [5.41, 5.74) is 12.5. The Kier molecular flexibility index (Phi) is 8.07. The molecule has 2 aromatic heterocycles. The number of hydrogen-bond donors (Lipinski definition) is 4. The summed E-state index contributed by atoms with van der Waals surface area (Å²) in [7, 11) is -4.17. The SMILES string of the molecule is CC(C)OC(=O)[C@H](C)N[P@](=O)(OC[C@H]1O[C@@H](c2cnc3c(N)ccnn23)[C@](C)(N)[C@@H]1O)Oc1ccccc1. The number of nitrogens with one attached hydrogen (secondary N) is 1. The van der Waals surface area contributed by atoms with Gasteiger partial charge < -0.3 is 30.6 Å². The lowest BCUT2D eigenvalue weighted by Gasteiger charge is -2.27. The zero-order valence-electron chi connectivity index (χ0n) is 21.6. The predicted octanol–water partition coefficient (Wildman–Crippen LogP) is 1.96. The molecule has 6 atom stereocenters. The summed E-state index contributed by atoms with van der Waals surface area (Å²) in [6, 6.07) is 8.93. The number of aliphatic hydroxyl groups excluding tert-OH is 1. The van der Waals surface area contributed by atoms with E-state index >= 15 is 0 Å². The summed E-state index contributed by atoms with van der Waals surface area (Å²) in [6.07, 6.45) is -0.411. The first-order valence-corrected chi connectivity index (χ1v) is 13.6. The van der Waals surface area contributed by atoms with Crippen molar-refractivity contribution in [1.29, 1.82) is 0 Å². The van der Waals surface area contributed by atoms with Gasteiger partial charge in [-0.2, -0.15) is 10.2 Å². The highest BCUT2D eigenvalue weighted by atomic mass is 31.2. The first-order chi connectivity index (χ1) is 17.9. The number of carbonyl (C=O) groups is 1. The molecule has 0 saturated carbocycles. The maximum atomic E-state index is 13.8. The quantitative estimate of drug-likeness (QED) is 0.213. The largest absolute Gasteiger partial charge is 0.462 e. The number of hydrogen-bond acceptors (Lipinski definition) is 11. The van der Waals surface area contributed by atoms with Crippen molar-refractivity contribution in [3.63, 3.8) is 0 Å². The average Bonchev–Trinajstić information content (AvgIpc) is 3.37. The lowest BCUT2D eigenvalue weighted by molar-refractivity contribution is -0.149. The van der Waals surface area contributed by atoms with E-state index in [2.05, 4.69) is 15.2 Å². The molecule has 14 heteroatoms. The van der Waals surface area contributed by atoms with Crippen LogP contribution in [0.15, 0.2) is 48.8 Å². The molecule has 206 valence electrons. The van der Waals surface area contributed by atoms with Crippen molar-refractivity contribution >= 4 is 25.1 Å². The molecule has 0 aliphatic carbocycles. The van der Waals surface area contributed by atoms with Gasteiger partial charge in [0.1, 0.15) is 30.1 Å². The molecule has 1 saturated heterocycles. The smallest absolute Gasteiger partial charge is 0.459 e. The second-order valence-electron chi connectivity index (χ2n) is 9.60. The fourth-order valence-electron chi connectivity index (χ4n) is 4.09. The van der Waals surface area contributed by atoms with E-state index in [9.17, 15) is 14.5 Å². The van der Waals surface area contributed by atoms with Gasteiger partial charge in [0, 0.05) is 0 Å². The van der Waals surface area contributed by atoms with Gasteiger partial charge in [0.05, 0.1) is 42.0 Å². The Labute approximate surface area is 220 Å². The summed E-state index contributed by atoms with van der Waals surface area (Å²) in [5.74, 6) is -0.386. The summed E-state index contributed by atoms with van der Waals surface area (Å²) in [5, 5.41) is 17.9. The second-order valence-corrected chi connectivity index (χ2v) is 11.3. The Balaban J connectivity index is 1.54. The highest BCUT2D eigenvalue weighted by Gasteiger charge is 2.53. The van der Waals surface area contributed by atoms with Crippen LogP contribution in [0.3, 0.4) is 0 Å². The molecule has 3 heterocycles. The molecule has 6 N–H and O–H groups in total. The Bertz CT molecular complexity index is 1320. The molecule has 4 rings (SSSR count). The van der Waals surface area contributed by atoms with E-state index in [1.807, 2.05) is 0 Å². The Morgan fingerprint density at radius 1 is 1.29 bits per heavy atom. The molecule has 0 amide bonds. The number of anilines is 1. The highest BCUT2D eigenvalue weighted by molar-refractivity contribution is 7.52. The minimum Gasteiger partial charge on any atom is -0.462 e. The topological polar surface area (TPSA) is 186 Å². The van der Waals surface area contributed by atoms with Gasteiger partial charge in [0.2, 0.25) is 0 Å². The molecular formula is C24H33N6O7P. The lowest BCUT2D eigenvalue weighted by atomic mass is 9.88. The van der Waals surface area contributed by atoms with Crippen LogP contribution >= 0.6 is 7.75 Å². The molecular weight excluding hydrogens is 515 g/mol. The van der Waals surface area contributed by atoms with Crippen LogP contribution < -0.4 is 21.1 Å². The molecule has 0 radical (unpaired) electrons. The van der Waals surface area contributed by atoms with E-state index in [4.69, 9.17) is 30.0 Å². The summed E-state index contributed by atoms with van der Waals surface area (Å²) in [6.45, 7) is 6.13. The third kappa shape index (κ3) is 5.83. The number of esters is 1. The molecule has 1 fully saturated rings. The number of para-hydroxylation sites is 1. The number of aliphatic hydroxyl groups is 1. The highest BCUT2D eigenvalue weighted by Crippen LogP contribution is 2.47. The van der Waals surface area contributed by atoms with Gasteiger partial charge in [0.25, 0.3) is 0 Å². The van der Waals surface area contributed by atoms with Crippen LogP contribution in [-0.4, -0.2) is 62.2 Å². The van der Waals surface area contributed by atoms with Crippen molar-refractivity contribution in [1.82, 2.24) is 19.7 Å². The zero-order chi connectivity index (χ0) is 27.7. The van der Waals surface area contributed by atoms with Crippen LogP contribution in [0.1, 0.15) is 39.5 Å². The molecule has 1 aliphatic heterocycles. The maximum Gasteiger partial charge on any atom is 0.459 e. The van der Waals surface area contributed by atoms with Crippen molar-refractivity contribution in [2.45, 2.75) is 63.7 Å². The monoisotopic (exact) mass is 548 g/mol. The normalized spacial score (nSPS) is 25.8. The van der Waals surface area contributed by atoms with Gasteiger partial charge in [-0.1, -0.05) is 18.2 Å². The van der Waals surface area contributed by atoms with Crippen LogP contribution in [0.5, 0.6) is 5.75 Å². The fraction of sp³-hybridized carbons (Fsp3) is 0.458. The first kappa shape index (κ1) is 28.0. The third-order valence-corrected chi connectivity index (χ3v) is 7.67. The number of aromatic nitrogens is 3. The number of benzene rings is 1. The minimum atomic E-state index is -4.17. The molecule has 3 aromatic rings. The van der Waals surface area contributed by atoms with Gasteiger partial charge in [-0.05, 0) is 45.9 Å². The number of fused-ring (bicyclic) bond motifs is 1. The molecule has 38 heavy (non-hydrogen) atoms. The molecule has 1 aliphatic rings. The van der Waals surface area contributed by atoms with Crippen molar-refractivity contribution in [2.75, 3.05) is 12.3 Å². The number of imidazole rings is 1. The van der Waals surface area contributed by atoms with Gasteiger partial charge >= 0.3 is 13.7 Å². The van der Waals surface area contributed by atoms with Crippen molar-refractivity contribution in [3.8, 4) is 5.75 Å². The fourth-order valence-corrected chi connectivity index (χ4v) is 5.59. The van der Waals surface area contributed by atoms with Gasteiger partial charge in [0.15, 0.2) is 5.65 Å². The minimum absolute atomic E-state index is 0.247. The molecule has 0 spiro atoms. The van der Waals surface area contributed by atoms with Crippen molar-refractivity contribution in [3.05, 3.63) is 54.5 Å². The number of nitrogen functional groups attached to an aromatic ring is 1. The van der Waals surface area contributed by atoms with Crippen molar-refractivity contribution in [2.24, 2.45) is 5.73 Å². The number of nitrogens with two attached hydrogens (primary N) is 2.